The summed E-state index contributed by atoms with van der Waals surface area (Å²) >= 11 is 0. The number of phenols is 1. The average Bonchev–Trinajstić information content (AvgIpc) is 2.44. The molecule has 0 bridgehead atoms. The van der Waals surface area contributed by atoms with Gasteiger partial charge in [0.25, 0.3) is 0 Å². The van der Waals surface area contributed by atoms with Gasteiger partial charge in [-0.1, -0.05) is 53.7 Å². The summed E-state index contributed by atoms with van der Waals surface area (Å²) in [6.07, 6.45) is 0. The van der Waals surface area contributed by atoms with E-state index < -0.39 is 0 Å². The Hall–Kier alpha value is -2.29. The molecule has 3 aromatic rings. The monoisotopic (exact) mass is 324 g/mol. The first-order valence-electron chi connectivity index (χ1n) is 8.24. The molecule has 126 valence electrons. The van der Waals surface area contributed by atoms with Gasteiger partial charge in [-0.2, -0.15) is 0 Å². The van der Waals surface area contributed by atoms with Gasteiger partial charge in [0.1, 0.15) is 22.3 Å². The molecule has 0 amide bonds. The number of aromatic hydroxyl groups is 1. The van der Waals surface area contributed by atoms with Gasteiger partial charge in [0, 0.05) is 11.1 Å². The molecule has 0 radical (unpaired) electrons. The number of fused-ring (bicyclic) bond motifs is 2. The second kappa shape index (κ2) is 5.10. The third-order valence-corrected chi connectivity index (χ3v) is 4.44. The van der Waals surface area contributed by atoms with Gasteiger partial charge in [-0.25, -0.2) is 0 Å². The maximum atomic E-state index is 13.0. The number of hydrogen-bond acceptors (Lipinski definition) is 3. The summed E-state index contributed by atoms with van der Waals surface area (Å²) in [5, 5.41) is 11.6. The van der Waals surface area contributed by atoms with Crippen LogP contribution in [-0.2, 0) is 10.8 Å². The van der Waals surface area contributed by atoms with Gasteiger partial charge in [0.05, 0.1) is 5.39 Å². The molecule has 1 N–H and O–H groups in total. The number of benzene rings is 2. The standard InChI is InChI=1S/C21H24O3/c1-20(2,3)13-11-14(21(4,5)6)19-16(18(13)23)17(22)12-9-7-8-10-15(12)24-19/h7-11,23H,1-6H3. The lowest BCUT2D eigenvalue weighted by Gasteiger charge is -2.27. The van der Waals surface area contributed by atoms with Gasteiger partial charge >= 0.3 is 0 Å². The molecule has 0 atom stereocenters. The molecule has 0 aliphatic heterocycles. The topological polar surface area (TPSA) is 50.4 Å². The van der Waals surface area contributed by atoms with E-state index in [9.17, 15) is 9.90 Å². The van der Waals surface area contributed by atoms with Gasteiger partial charge in [-0.3, -0.25) is 4.79 Å². The van der Waals surface area contributed by atoms with Crippen molar-refractivity contribution in [3.63, 3.8) is 0 Å². The maximum Gasteiger partial charge on any atom is 0.204 e. The van der Waals surface area contributed by atoms with Crippen molar-refractivity contribution in [2.24, 2.45) is 0 Å². The van der Waals surface area contributed by atoms with Gasteiger partial charge in [0.2, 0.25) is 5.43 Å². The first kappa shape index (κ1) is 16.6. The van der Waals surface area contributed by atoms with Gasteiger partial charge in [-0.15, -0.1) is 0 Å². The Morgan fingerprint density at radius 2 is 1.50 bits per heavy atom. The third-order valence-electron chi connectivity index (χ3n) is 4.44. The highest BCUT2D eigenvalue weighted by atomic mass is 16.3. The maximum absolute atomic E-state index is 13.0. The van der Waals surface area contributed by atoms with Crippen LogP contribution in [0.1, 0.15) is 52.7 Å². The highest BCUT2D eigenvalue weighted by molar-refractivity contribution is 5.96. The van der Waals surface area contributed by atoms with E-state index in [0.717, 1.165) is 11.1 Å². The summed E-state index contributed by atoms with van der Waals surface area (Å²) < 4.78 is 6.07. The molecule has 0 aliphatic carbocycles. The highest BCUT2D eigenvalue weighted by Gasteiger charge is 2.29. The van der Waals surface area contributed by atoms with E-state index in [0.29, 0.717) is 16.6 Å². The van der Waals surface area contributed by atoms with Crippen LogP contribution < -0.4 is 5.43 Å². The van der Waals surface area contributed by atoms with Crippen LogP contribution in [-0.4, -0.2) is 5.11 Å². The number of hydrogen-bond donors (Lipinski definition) is 1. The summed E-state index contributed by atoms with van der Waals surface area (Å²) in [4.78, 5) is 13.0. The van der Waals surface area contributed by atoms with Crippen LogP contribution in [0, 0.1) is 0 Å². The Kier molecular flexibility index (Phi) is 3.52. The van der Waals surface area contributed by atoms with Gasteiger partial charge in [-0.05, 0) is 29.0 Å². The van der Waals surface area contributed by atoms with Crippen LogP contribution in [0.25, 0.3) is 21.9 Å². The fourth-order valence-electron chi connectivity index (χ4n) is 3.09. The lowest BCUT2D eigenvalue weighted by atomic mass is 9.79. The van der Waals surface area contributed by atoms with Crippen molar-refractivity contribution < 1.29 is 9.52 Å². The van der Waals surface area contributed by atoms with Gasteiger partial charge in [0.15, 0.2) is 0 Å². The zero-order chi connectivity index (χ0) is 17.9. The Labute approximate surface area is 141 Å². The van der Waals surface area contributed by atoms with Crippen molar-refractivity contribution >= 4 is 21.9 Å². The molecule has 1 aromatic heterocycles. The number of phenolic OH excluding ortho intramolecular Hbond substituents is 1. The Bertz CT molecular complexity index is 996. The molecule has 0 spiro atoms. The van der Waals surface area contributed by atoms with E-state index in [1.54, 1.807) is 18.2 Å². The minimum atomic E-state index is -0.281. The van der Waals surface area contributed by atoms with E-state index in [2.05, 4.69) is 20.8 Å². The van der Waals surface area contributed by atoms with E-state index in [-0.39, 0.29) is 27.4 Å². The van der Waals surface area contributed by atoms with Crippen LogP contribution in [0.15, 0.2) is 39.5 Å². The molecule has 3 nitrogen and oxygen atoms in total. The summed E-state index contributed by atoms with van der Waals surface area (Å²) in [5.74, 6) is 0.0324. The van der Waals surface area contributed by atoms with E-state index in [1.807, 2.05) is 32.9 Å². The van der Waals surface area contributed by atoms with Crippen molar-refractivity contribution in [2.75, 3.05) is 0 Å². The first-order chi connectivity index (χ1) is 11.0. The third kappa shape index (κ3) is 2.48. The minimum absolute atomic E-state index is 0.0324. The van der Waals surface area contributed by atoms with Crippen LogP contribution in [0.2, 0.25) is 0 Å². The second-order valence-corrected chi connectivity index (χ2v) is 8.45. The van der Waals surface area contributed by atoms with Gasteiger partial charge < -0.3 is 9.52 Å². The van der Waals surface area contributed by atoms with E-state index in [1.165, 1.54) is 0 Å². The van der Waals surface area contributed by atoms with Crippen molar-refractivity contribution in [1.82, 2.24) is 0 Å². The van der Waals surface area contributed by atoms with Crippen molar-refractivity contribution in [3.05, 3.63) is 51.7 Å². The normalized spacial score (nSPS) is 12.9. The predicted molar refractivity (Wildman–Crippen MR) is 99.1 cm³/mol. The summed E-state index contributed by atoms with van der Waals surface area (Å²) in [5.41, 5.74) is 2.05. The van der Waals surface area contributed by atoms with E-state index >= 15 is 0 Å². The quantitative estimate of drug-likeness (QED) is 0.575. The Morgan fingerprint density at radius 1 is 0.917 bits per heavy atom. The fraction of sp³-hybridized carbons (Fsp3) is 0.381. The number of rotatable bonds is 0. The molecular weight excluding hydrogens is 300 g/mol. The van der Waals surface area contributed by atoms with Crippen LogP contribution in [0.4, 0.5) is 0 Å². The summed E-state index contributed by atoms with van der Waals surface area (Å²) in [6.45, 7) is 12.3. The molecule has 0 unspecified atom stereocenters. The van der Waals surface area contributed by atoms with Crippen molar-refractivity contribution in [2.45, 2.75) is 52.4 Å². The Morgan fingerprint density at radius 3 is 2.08 bits per heavy atom. The lowest BCUT2D eigenvalue weighted by Crippen LogP contribution is -2.19. The minimum Gasteiger partial charge on any atom is -0.507 e. The molecule has 1 heterocycles. The largest absolute Gasteiger partial charge is 0.507 e. The molecule has 0 saturated heterocycles. The van der Waals surface area contributed by atoms with Crippen LogP contribution in [0.3, 0.4) is 0 Å². The number of para-hydroxylation sites is 1. The zero-order valence-corrected chi connectivity index (χ0v) is 15.2. The van der Waals surface area contributed by atoms with Crippen molar-refractivity contribution in [1.29, 1.82) is 0 Å². The molecule has 3 heteroatoms. The van der Waals surface area contributed by atoms with Crippen LogP contribution >= 0.6 is 0 Å². The van der Waals surface area contributed by atoms with E-state index in [4.69, 9.17) is 4.42 Å². The molecular formula is C21H24O3. The SMILES string of the molecule is CC(C)(C)c1cc(C(C)(C)C)c2oc3ccccc3c(=O)c2c1O. The average molecular weight is 324 g/mol. The zero-order valence-electron chi connectivity index (χ0n) is 15.2. The highest BCUT2D eigenvalue weighted by Crippen LogP contribution is 2.41. The van der Waals surface area contributed by atoms with Crippen LogP contribution in [0.5, 0.6) is 5.75 Å². The second-order valence-electron chi connectivity index (χ2n) is 8.45. The predicted octanol–water partition coefficient (Wildman–Crippen LogP) is 5.25. The molecule has 2 aromatic carbocycles. The molecule has 0 saturated carbocycles. The Balaban J connectivity index is 2.63. The smallest absolute Gasteiger partial charge is 0.204 e. The molecule has 24 heavy (non-hydrogen) atoms. The molecule has 3 rings (SSSR count). The molecule has 0 fully saturated rings. The summed E-state index contributed by atoms with van der Waals surface area (Å²) in [6, 6.07) is 9.16. The molecule has 0 aliphatic rings. The first-order valence-corrected chi connectivity index (χ1v) is 8.24. The fourth-order valence-corrected chi connectivity index (χ4v) is 3.09. The van der Waals surface area contributed by atoms with Crippen molar-refractivity contribution in [3.8, 4) is 5.75 Å². The lowest BCUT2D eigenvalue weighted by molar-refractivity contribution is 0.449. The summed E-state index contributed by atoms with van der Waals surface area (Å²) in [7, 11) is 0.